The molecule has 0 aliphatic heterocycles. The van der Waals surface area contributed by atoms with Gasteiger partial charge in [0.15, 0.2) is 5.78 Å². The highest BCUT2D eigenvalue weighted by atomic mass is 16.5. The molecule has 2 saturated carbocycles. The van der Waals surface area contributed by atoms with Crippen LogP contribution in [0.15, 0.2) is 35.5 Å². The van der Waals surface area contributed by atoms with Crippen molar-refractivity contribution in [2.24, 2.45) is 22.7 Å². The van der Waals surface area contributed by atoms with E-state index in [0.717, 1.165) is 45.1 Å². The van der Waals surface area contributed by atoms with Crippen molar-refractivity contribution in [3.63, 3.8) is 0 Å². The van der Waals surface area contributed by atoms with E-state index in [1.807, 2.05) is 6.08 Å². The number of hydrogen-bond acceptors (Lipinski definition) is 2. The molecule has 0 aromatic carbocycles. The van der Waals surface area contributed by atoms with Gasteiger partial charge in [0.2, 0.25) is 0 Å². The molecular formula is C26H34O2. The zero-order chi connectivity index (χ0) is 20.0. The van der Waals surface area contributed by atoms with Crippen LogP contribution >= 0.6 is 0 Å². The van der Waals surface area contributed by atoms with Crippen LogP contribution in [0.3, 0.4) is 0 Å². The standard InChI is InChI=1S/C26H34O2/c1-5-7-8-17-28-26(6-2)16-13-23-21-10-9-19-18-20(27)11-14-24(19,3)22(21)12-15-25(23,26)4/h2,11-12,14,18,21,23H,5,7-10,13,15-17H2,1,3-4H3/t21-,23+,24+,25+,26-/m1/s1. The summed E-state index contributed by atoms with van der Waals surface area (Å²) in [4.78, 5) is 11.9. The summed E-state index contributed by atoms with van der Waals surface area (Å²) in [7, 11) is 0. The van der Waals surface area contributed by atoms with Crippen molar-refractivity contribution in [1.82, 2.24) is 0 Å². The fourth-order valence-electron chi connectivity index (χ4n) is 6.63. The van der Waals surface area contributed by atoms with Crippen LogP contribution in [0.2, 0.25) is 0 Å². The molecule has 0 radical (unpaired) electrons. The maximum atomic E-state index is 11.9. The molecule has 28 heavy (non-hydrogen) atoms. The number of unbranched alkanes of at least 4 members (excludes halogenated alkanes) is 2. The molecule has 0 bridgehead atoms. The molecule has 4 rings (SSSR count). The summed E-state index contributed by atoms with van der Waals surface area (Å²) in [6.07, 6.45) is 23.1. The molecule has 0 N–H and O–H groups in total. The molecule has 150 valence electrons. The van der Waals surface area contributed by atoms with Crippen molar-refractivity contribution >= 4 is 5.78 Å². The van der Waals surface area contributed by atoms with Gasteiger partial charge < -0.3 is 4.74 Å². The van der Waals surface area contributed by atoms with Crippen LogP contribution in [0.5, 0.6) is 0 Å². The number of ketones is 1. The average molecular weight is 379 g/mol. The largest absolute Gasteiger partial charge is 0.362 e. The summed E-state index contributed by atoms with van der Waals surface area (Å²) in [5.41, 5.74) is 2.32. The molecule has 0 aromatic rings. The van der Waals surface area contributed by atoms with Gasteiger partial charge >= 0.3 is 0 Å². The molecule has 2 fully saturated rings. The van der Waals surface area contributed by atoms with Gasteiger partial charge in [-0.15, -0.1) is 6.42 Å². The SMILES string of the molecule is C#C[C@@]1(OCCCCC)CC[C@H]2[C@@H]3CCC4=CC(=O)C=C[C@]4(C)C3=CC[C@@]21C. The van der Waals surface area contributed by atoms with Gasteiger partial charge in [-0.2, -0.15) is 0 Å². The van der Waals surface area contributed by atoms with Gasteiger partial charge in [-0.05, 0) is 69.4 Å². The number of carbonyl (C=O) groups excluding carboxylic acids is 1. The van der Waals surface area contributed by atoms with E-state index in [9.17, 15) is 4.79 Å². The molecule has 0 spiro atoms. The highest BCUT2D eigenvalue weighted by molar-refractivity contribution is 6.01. The van der Waals surface area contributed by atoms with Crippen LogP contribution < -0.4 is 0 Å². The van der Waals surface area contributed by atoms with Crippen LogP contribution in [0.25, 0.3) is 0 Å². The number of hydrogen-bond donors (Lipinski definition) is 0. The van der Waals surface area contributed by atoms with Crippen molar-refractivity contribution in [3.8, 4) is 12.3 Å². The Morgan fingerprint density at radius 3 is 2.86 bits per heavy atom. The van der Waals surface area contributed by atoms with Crippen LogP contribution in [0, 0.1) is 35.0 Å². The van der Waals surface area contributed by atoms with Crippen LogP contribution in [-0.2, 0) is 9.53 Å². The Labute approximate surface area is 170 Å². The second kappa shape index (κ2) is 7.03. The lowest BCUT2D eigenvalue weighted by Gasteiger charge is -2.53. The first kappa shape index (κ1) is 19.7. The van der Waals surface area contributed by atoms with Crippen molar-refractivity contribution in [2.75, 3.05) is 6.61 Å². The Balaban J connectivity index is 1.64. The average Bonchev–Trinajstić information content (AvgIpc) is 2.99. The van der Waals surface area contributed by atoms with Gasteiger partial charge in [0.1, 0.15) is 5.60 Å². The summed E-state index contributed by atoms with van der Waals surface area (Å²) in [5, 5.41) is 0. The Morgan fingerprint density at radius 1 is 1.29 bits per heavy atom. The number of ether oxygens (including phenoxy) is 1. The first-order chi connectivity index (χ1) is 13.4. The van der Waals surface area contributed by atoms with Crippen molar-refractivity contribution < 1.29 is 9.53 Å². The highest BCUT2D eigenvalue weighted by Gasteiger charge is 2.62. The van der Waals surface area contributed by atoms with E-state index in [4.69, 9.17) is 11.2 Å². The first-order valence-electron chi connectivity index (χ1n) is 11.2. The second-order valence-electron chi connectivity index (χ2n) is 9.71. The molecule has 4 aliphatic rings. The Morgan fingerprint density at radius 2 is 2.11 bits per heavy atom. The van der Waals surface area contributed by atoms with Crippen LogP contribution in [0.1, 0.15) is 72.1 Å². The number of allylic oxidation sites excluding steroid dienone is 6. The number of rotatable bonds is 5. The van der Waals surface area contributed by atoms with Crippen molar-refractivity contribution in [1.29, 1.82) is 0 Å². The molecular weight excluding hydrogens is 344 g/mol. The molecule has 4 aliphatic carbocycles. The maximum Gasteiger partial charge on any atom is 0.178 e. The quantitative estimate of drug-likeness (QED) is 0.344. The molecule has 0 saturated heterocycles. The fourth-order valence-corrected chi connectivity index (χ4v) is 6.63. The predicted molar refractivity (Wildman–Crippen MR) is 114 cm³/mol. The third kappa shape index (κ3) is 2.70. The Kier molecular flexibility index (Phi) is 4.95. The monoisotopic (exact) mass is 378 g/mol. The van der Waals surface area contributed by atoms with E-state index in [2.05, 4.69) is 38.8 Å². The molecule has 0 unspecified atom stereocenters. The van der Waals surface area contributed by atoms with E-state index < -0.39 is 5.60 Å². The van der Waals surface area contributed by atoms with Crippen molar-refractivity contribution in [3.05, 3.63) is 35.5 Å². The maximum absolute atomic E-state index is 11.9. The smallest absolute Gasteiger partial charge is 0.178 e. The summed E-state index contributed by atoms with van der Waals surface area (Å²) in [6, 6.07) is 0. The zero-order valence-electron chi connectivity index (χ0n) is 17.7. The van der Waals surface area contributed by atoms with Crippen LogP contribution in [-0.4, -0.2) is 18.0 Å². The van der Waals surface area contributed by atoms with Gasteiger partial charge in [-0.1, -0.05) is 55.9 Å². The van der Waals surface area contributed by atoms with E-state index in [1.54, 1.807) is 6.08 Å². The second-order valence-corrected chi connectivity index (χ2v) is 9.71. The minimum Gasteiger partial charge on any atom is -0.362 e. The topological polar surface area (TPSA) is 26.3 Å². The summed E-state index contributed by atoms with van der Waals surface area (Å²) in [5.74, 6) is 4.40. The summed E-state index contributed by atoms with van der Waals surface area (Å²) >= 11 is 0. The molecule has 0 aromatic heterocycles. The number of fused-ring (bicyclic) bond motifs is 5. The molecule has 0 heterocycles. The fraction of sp³-hybridized carbons (Fsp3) is 0.654. The minimum absolute atomic E-state index is 0.00785. The van der Waals surface area contributed by atoms with E-state index in [1.165, 1.54) is 24.0 Å². The van der Waals surface area contributed by atoms with Crippen LogP contribution in [0.4, 0.5) is 0 Å². The Bertz CT molecular complexity index is 794. The third-order valence-electron chi connectivity index (χ3n) is 8.40. The van der Waals surface area contributed by atoms with Gasteiger partial charge in [0, 0.05) is 17.4 Å². The number of carbonyl (C=O) groups is 1. The van der Waals surface area contributed by atoms with Gasteiger partial charge in [0.25, 0.3) is 0 Å². The molecule has 5 atom stereocenters. The highest BCUT2D eigenvalue weighted by Crippen LogP contribution is 2.65. The summed E-state index contributed by atoms with van der Waals surface area (Å²) < 4.78 is 6.50. The predicted octanol–water partition coefficient (Wildman–Crippen LogP) is 5.79. The minimum atomic E-state index is -0.428. The van der Waals surface area contributed by atoms with E-state index >= 15 is 0 Å². The first-order valence-corrected chi connectivity index (χ1v) is 11.2. The Hall–Kier alpha value is -1.59. The van der Waals surface area contributed by atoms with Gasteiger partial charge in [0.05, 0.1) is 0 Å². The number of terminal acetylenes is 1. The molecule has 2 heteroatoms. The van der Waals surface area contributed by atoms with E-state index in [-0.39, 0.29) is 16.6 Å². The summed E-state index contributed by atoms with van der Waals surface area (Å²) in [6.45, 7) is 7.67. The lowest BCUT2D eigenvalue weighted by atomic mass is 9.51. The van der Waals surface area contributed by atoms with Gasteiger partial charge in [-0.25, -0.2) is 0 Å². The normalized spacial score (nSPS) is 41.4. The van der Waals surface area contributed by atoms with E-state index in [0.29, 0.717) is 11.8 Å². The van der Waals surface area contributed by atoms with Crippen molar-refractivity contribution in [2.45, 2.75) is 77.7 Å². The molecule has 2 nitrogen and oxygen atoms in total. The molecule has 0 amide bonds. The zero-order valence-corrected chi connectivity index (χ0v) is 17.7. The lowest BCUT2D eigenvalue weighted by molar-refractivity contribution is -0.110. The van der Waals surface area contributed by atoms with Gasteiger partial charge in [-0.3, -0.25) is 4.79 Å². The third-order valence-corrected chi connectivity index (χ3v) is 8.40. The lowest BCUT2D eigenvalue weighted by Crippen LogP contribution is -2.51.